The molecule has 3 fully saturated rings. The van der Waals surface area contributed by atoms with Crippen molar-refractivity contribution in [1.82, 2.24) is 15.3 Å². The summed E-state index contributed by atoms with van der Waals surface area (Å²) in [5, 5.41) is 4.26. The molecule has 10 nitrogen and oxygen atoms in total. The van der Waals surface area contributed by atoms with E-state index < -0.39 is 24.3 Å². The summed E-state index contributed by atoms with van der Waals surface area (Å²) in [6.45, 7) is 10.3. The fraction of sp³-hybridized carbons (Fsp3) is 0.643. The van der Waals surface area contributed by atoms with Crippen molar-refractivity contribution in [3.05, 3.63) is 29.8 Å². The molecule has 4 rings (SSSR count). The molecule has 1 aromatic rings. The normalized spacial score (nSPS) is 22.2. The number of hydrogen-bond acceptors (Lipinski definition) is 8. The Hall–Kier alpha value is -3.14. The molecule has 1 N–H and O–H groups in total. The van der Waals surface area contributed by atoms with E-state index in [1.54, 1.807) is 17.0 Å². The van der Waals surface area contributed by atoms with E-state index in [-0.39, 0.29) is 42.6 Å². The van der Waals surface area contributed by atoms with Crippen LogP contribution in [0, 0.1) is 11.8 Å². The van der Waals surface area contributed by atoms with Crippen molar-refractivity contribution in [3.63, 3.8) is 0 Å². The average molecular weight is 529 g/mol. The van der Waals surface area contributed by atoms with Gasteiger partial charge in [-0.3, -0.25) is 14.4 Å². The largest absolute Gasteiger partial charge is 0.527 e. The number of hydroxylamine groups is 2. The van der Waals surface area contributed by atoms with E-state index >= 15 is 0 Å². The number of carbonyl (C=O) groups is 4. The lowest BCUT2D eigenvalue weighted by Gasteiger charge is -2.29. The first-order valence-electron chi connectivity index (χ1n) is 13.7. The quantitative estimate of drug-likeness (QED) is 0.488. The number of likely N-dealkylation sites (tertiary alicyclic amines) is 1. The van der Waals surface area contributed by atoms with Gasteiger partial charge in [-0.05, 0) is 61.8 Å². The summed E-state index contributed by atoms with van der Waals surface area (Å²) in [7, 11) is 0. The van der Waals surface area contributed by atoms with Crippen LogP contribution in [0.2, 0.25) is 0 Å². The lowest BCUT2D eigenvalue weighted by atomic mass is 10.0. The van der Waals surface area contributed by atoms with Gasteiger partial charge in [0.15, 0.2) is 5.78 Å². The zero-order valence-corrected chi connectivity index (χ0v) is 22.9. The van der Waals surface area contributed by atoms with Crippen molar-refractivity contribution in [2.75, 3.05) is 37.7 Å². The van der Waals surface area contributed by atoms with E-state index in [1.807, 2.05) is 39.8 Å². The average Bonchev–Trinajstić information content (AvgIpc) is 3.62. The molecule has 3 atom stereocenters. The number of ether oxygens (including phenoxy) is 1. The van der Waals surface area contributed by atoms with Crippen molar-refractivity contribution >= 4 is 29.4 Å². The number of nitrogens with zero attached hydrogens (tertiary/aromatic N) is 3. The number of rotatable bonds is 9. The van der Waals surface area contributed by atoms with Crippen LogP contribution in [0.1, 0.15) is 63.7 Å². The molecule has 0 bridgehead atoms. The van der Waals surface area contributed by atoms with Crippen molar-refractivity contribution in [1.29, 1.82) is 0 Å². The van der Waals surface area contributed by atoms with Crippen molar-refractivity contribution < 1.29 is 28.8 Å². The summed E-state index contributed by atoms with van der Waals surface area (Å²) in [5.41, 5.74) is 1.59. The molecule has 0 aromatic heterocycles. The minimum Gasteiger partial charge on any atom is -0.433 e. The van der Waals surface area contributed by atoms with Gasteiger partial charge in [-0.25, -0.2) is 4.79 Å². The summed E-state index contributed by atoms with van der Waals surface area (Å²) in [5.74, 6) is -0.486. The van der Waals surface area contributed by atoms with Gasteiger partial charge in [-0.2, -0.15) is 0 Å². The summed E-state index contributed by atoms with van der Waals surface area (Å²) in [4.78, 5) is 60.9. The van der Waals surface area contributed by atoms with Gasteiger partial charge in [-0.15, -0.1) is 5.06 Å². The molecule has 38 heavy (non-hydrogen) atoms. The van der Waals surface area contributed by atoms with Gasteiger partial charge in [-0.1, -0.05) is 27.7 Å². The minimum absolute atomic E-state index is 0.0968. The number of Topliss-reactive ketones (excluding diaryl/α,β-unsaturated/α-hetero) is 1. The summed E-state index contributed by atoms with van der Waals surface area (Å²) >= 11 is 0. The SMILES string of the molecule is CC(C)COC(=O)ON1CC(=O)C2C1CCN2C(=O)C(CC(C)C)NC(=O)c1ccc(N2CCCC2)cc1. The number of benzene rings is 1. The van der Waals surface area contributed by atoms with Crippen LogP contribution in [-0.4, -0.2) is 84.6 Å². The number of ketones is 1. The third-order valence-corrected chi connectivity index (χ3v) is 7.30. The predicted molar refractivity (Wildman–Crippen MR) is 141 cm³/mol. The molecule has 3 aliphatic heterocycles. The van der Waals surface area contributed by atoms with E-state index in [9.17, 15) is 19.2 Å². The van der Waals surface area contributed by atoms with Crippen molar-refractivity contribution in [3.8, 4) is 0 Å². The van der Waals surface area contributed by atoms with Gasteiger partial charge in [0.1, 0.15) is 12.1 Å². The summed E-state index contributed by atoms with van der Waals surface area (Å²) in [6.07, 6.45) is 2.43. The van der Waals surface area contributed by atoms with Gasteiger partial charge < -0.3 is 24.7 Å². The van der Waals surface area contributed by atoms with Crippen LogP contribution in [-0.2, 0) is 19.2 Å². The van der Waals surface area contributed by atoms with E-state index in [0.717, 1.165) is 18.8 Å². The Balaban J connectivity index is 1.40. The second-order valence-electron chi connectivity index (χ2n) is 11.3. The van der Waals surface area contributed by atoms with Gasteiger partial charge in [0.25, 0.3) is 5.91 Å². The second kappa shape index (κ2) is 12.1. The summed E-state index contributed by atoms with van der Waals surface area (Å²) in [6, 6.07) is 5.57. The number of amides is 2. The molecule has 3 unspecified atom stereocenters. The Labute approximate surface area is 224 Å². The fourth-order valence-corrected chi connectivity index (χ4v) is 5.47. The molecule has 208 valence electrons. The molecule has 1 aromatic carbocycles. The molecular formula is C28H40N4O6. The maximum atomic E-state index is 13.7. The first kappa shape index (κ1) is 27.9. The van der Waals surface area contributed by atoms with Crippen LogP contribution in [0.25, 0.3) is 0 Å². The monoisotopic (exact) mass is 528 g/mol. The zero-order valence-electron chi connectivity index (χ0n) is 22.9. The molecule has 3 heterocycles. The fourth-order valence-electron chi connectivity index (χ4n) is 5.47. The minimum atomic E-state index is -0.849. The Morgan fingerprint density at radius 1 is 1.00 bits per heavy atom. The third kappa shape index (κ3) is 6.46. The van der Waals surface area contributed by atoms with Crippen LogP contribution in [0.4, 0.5) is 10.5 Å². The molecule has 0 aliphatic carbocycles. The lowest BCUT2D eigenvalue weighted by Crippen LogP contribution is -2.52. The Morgan fingerprint density at radius 3 is 2.32 bits per heavy atom. The van der Waals surface area contributed by atoms with E-state index in [4.69, 9.17) is 9.57 Å². The zero-order chi connectivity index (χ0) is 27.4. The third-order valence-electron chi connectivity index (χ3n) is 7.30. The Bertz CT molecular complexity index is 1020. The highest BCUT2D eigenvalue weighted by molar-refractivity contribution is 5.99. The topological polar surface area (TPSA) is 108 Å². The molecule has 10 heteroatoms. The number of hydrogen-bond donors (Lipinski definition) is 1. The number of nitrogens with one attached hydrogen (secondary N) is 1. The predicted octanol–water partition coefficient (Wildman–Crippen LogP) is 3.01. The molecule has 0 saturated carbocycles. The van der Waals surface area contributed by atoms with Crippen LogP contribution >= 0.6 is 0 Å². The molecule has 2 amide bonds. The maximum absolute atomic E-state index is 13.7. The highest BCUT2D eigenvalue weighted by Crippen LogP contribution is 2.31. The highest BCUT2D eigenvalue weighted by Gasteiger charge is 2.52. The van der Waals surface area contributed by atoms with Gasteiger partial charge in [0.2, 0.25) is 5.91 Å². The van der Waals surface area contributed by atoms with Gasteiger partial charge in [0.05, 0.1) is 19.2 Å². The number of anilines is 1. The van der Waals surface area contributed by atoms with Crippen LogP contribution in [0.5, 0.6) is 0 Å². The van der Waals surface area contributed by atoms with E-state index in [1.165, 1.54) is 17.9 Å². The second-order valence-corrected chi connectivity index (χ2v) is 11.3. The lowest BCUT2D eigenvalue weighted by molar-refractivity contribution is -0.142. The van der Waals surface area contributed by atoms with Crippen molar-refractivity contribution in [2.45, 2.75) is 71.5 Å². The molecule has 3 saturated heterocycles. The maximum Gasteiger partial charge on any atom is 0.527 e. The molecule has 0 spiro atoms. The highest BCUT2D eigenvalue weighted by atomic mass is 16.8. The van der Waals surface area contributed by atoms with Crippen molar-refractivity contribution in [2.24, 2.45) is 11.8 Å². The molecular weight excluding hydrogens is 488 g/mol. The van der Waals surface area contributed by atoms with Crippen LogP contribution in [0.3, 0.4) is 0 Å². The van der Waals surface area contributed by atoms with Gasteiger partial charge >= 0.3 is 6.16 Å². The van der Waals surface area contributed by atoms with Crippen LogP contribution in [0.15, 0.2) is 24.3 Å². The van der Waals surface area contributed by atoms with E-state index in [0.29, 0.717) is 24.9 Å². The Kier molecular flexibility index (Phi) is 8.91. The van der Waals surface area contributed by atoms with Gasteiger partial charge in [0, 0.05) is 30.9 Å². The standard InChI is InChI=1S/C28H40N4O6/c1-18(2)15-22(29-26(34)20-7-9-21(10-8-20)30-12-5-6-13-30)27(35)31-14-11-23-25(31)24(33)16-32(23)38-28(36)37-17-19(3)4/h7-10,18-19,22-23,25H,5-6,11-17H2,1-4H3,(H,29,34). The Morgan fingerprint density at radius 2 is 1.68 bits per heavy atom. The number of fused-ring (bicyclic) bond motifs is 1. The smallest absolute Gasteiger partial charge is 0.433 e. The number of carbonyl (C=O) groups excluding carboxylic acids is 4. The first-order chi connectivity index (χ1) is 18.1. The first-order valence-corrected chi connectivity index (χ1v) is 13.7. The molecule has 0 radical (unpaired) electrons. The van der Waals surface area contributed by atoms with Crippen LogP contribution < -0.4 is 10.2 Å². The van der Waals surface area contributed by atoms with E-state index in [2.05, 4.69) is 10.2 Å². The molecule has 3 aliphatic rings. The summed E-state index contributed by atoms with van der Waals surface area (Å²) < 4.78 is 5.08.